The largest absolute Gasteiger partial charge is 0.459 e. The summed E-state index contributed by atoms with van der Waals surface area (Å²) in [5.74, 6) is -0.580. The number of hydrogen-bond acceptors (Lipinski definition) is 4. The summed E-state index contributed by atoms with van der Waals surface area (Å²) in [5, 5.41) is 6.18. The molecule has 0 bridgehead atoms. The van der Waals surface area contributed by atoms with Crippen LogP contribution in [0, 0.1) is 0 Å². The molecule has 2 aromatic heterocycles. The second-order valence-electron chi connectivity index (χ2n) is 7.06. The van der Waals surface area contributed by atoms with Gasteiger partial charge in [0.05, 0.1) is 11.8 Å². The molecule has 4 aromatic rings. The van der Waals surface area contributed by atoms with Gasteiger partial charge in [-0.15, -0.1) is 0 Å². The quantitative estimate of drug-likeness (QED) is 0.363. The molecule has 0 aliphatic carbocycles. The first-order valence-corrected chi connectivity index (χ1v) is 9.83. The van der Waals surface area contributed by atoms with Crippen LogP contribution in [0.5, 0.6) is 0 Å². The van der Waals surface area contributed by atoms with Gasteiger partial charge in [0.15, 0.2) is 5.76 Å². The SMILES string of the molecule is Cn1cc(C(=O)NNC(=O)NCc2cccc(NC(=O)c3ccco3)c2)c2ccccc21. The number of carbonyl (C=O) groups is 3. The van der Waals surface area contributed by atoms with E-state index in [1.807, 2.05) is 35.9 Å². The van der Waals surface area contributed by atoms with Crippen molar-refractivity contribution in [2.45, 2.75) is 6.54 Å². The molecule has 4 rings (SSSR count). The van der Waals surface area contributed by atoms with Gasteiger partial charge in [0.25, 0.3) is 11.8 Å². The van der Waals surface area contributed by atoms with Crippen molar-refractivity contribution in [3.8, 4) is 0 Å². The Hall–Kier alpha value is -4.53. The van der Waals surface area contributed by atoms with Gasteiger partial charge >= 0.3 is 6.03 Å². The van der Waals surface area contributed by atoms with Crippen LogP contribution in [0.2, 0.25) is 0 Å². The zero-order valence-corrected chi connectivity index (χ0v) is 17.2. The summed E-state index contributed by atoms with van der Waals surface area (Å²) in [5.41, 5.74) is 7.47. The minimum absolute atomic E-state index is 0.195. The molecule has 4 N–H and O–H groups in total. The number of nitrogens with one attached hydrogen (secondary N) is 4. The number of aryl methyl sites for hydroxylation is 1. The number of anilines is 1. The lowest BCUT2D eigenvalue weighted by Crippen LogP contribution is -2.46. The van der Waals surface area contributed by atoms with Crippen molar-refractivity contribution in [3.63, 3.8) is 0 Å². The van der Waals surface area contributed by atoms with E-state index in [4.69, 9.17) is 4.42 Å². The lowest BCUT2D eigenvalue weighted by molar-refractivity contribution is 0.0937. The average Bonchev–Trinajstić information content (AvgIpc) is 3.45. The summed E-state index contributed by atoms with van der Waals surface area (Å²) < 4.78 is 6.92. The van der Waals surface area contributed by atoms with Crippen LogP contribution in [0.4, 0.5) is 10.5 Å². The number of aromatic nitrogens is 1. The molecule has 9 nitrogen and oxygen atoms in total. The molecule has 4 amide bonds. The van der Waals surface area contributed by atoms with Crippen molar-refractivity contribution in [2.75, 3.05) is 5.32 Å². The third-order valence-corrected chi connectivity index (χ3v) is 4.81. The van der Waals surface area contributed by atoms with Crippen molar-refractivity contribution in [1.29, 1.82) is 0 Å². The second kappa shape index (κ2) is 9.09. The Bertz CT molecular complexity index is 1280. The van der Waals surface area contributed by atoms with Crippen LogP contribution in [0.15, 0.2) is 77.5 Å². The molecule has 0 spiro atoms. The summed E-state index contributed by atoms with van der Waals surface area (Å²) in [6.07, 6.45) is 3.13. The van der Waals surface area contributed by atoms with Gasteiger partial charge < -0.3 is 19.6 Å². The highest BCUT2D eigenvalue weighted by molar-refractivity contribution is 6.07. The number of hydrogen-bond donors (Lipinski definition) is 4. The molecule has 0 aliphatic heterocycles. The van der Waals surface area contributed by atoms with Crippen LogP contribution in [0.1, 0.15) is 26.5 Å². The molecule has 0 aliphatic rings. The Morgan fingerprint density at radius 3 is 2.59 bits per heavy atom. The summed E-state index contributed by atoms with van der Waals surface area (Å²) in [7, 11) is 1.85. The molecule has 162 valence electrons. The van der Waals surface area contributed by atoms with Crippen molar-refractivity contribution in [2.24, 2.45) is 7.05 Å². The van der Waals surface area contributed by atoms with Crippen LogP contribution in [-0.4, -0.2) is 22.4 Å². The number of amides is 4. The highest BCUT2D eigenvalue weighted by Gasteiger charge is 2.14. The van der Waals surface area contributed by atoms with E-state index in [9.17, 15) is 14.4 Å². The number of para-hydroxylation sites is 1. The Morgan fingerprint density at radius 2 is 1.78 bits per heavy atom. The first kappa shape index (κ1) is 20.7. The first-order chi connectivity index (χ1) is 15.5. The molecule has 0 unspecified atom stereocenters. The molecule has 0 fully saturated rings. The molecule has 9 heteroatoms. The van der Waals surface area contributed by atoms with Gasteiger partial charge in [0.1, 0.15) is 0 Å². The van der Waals surface area contributed by atoms with E-state index >= 15 is 0 Å². The third-order valence-electron chi connectivity index (χ3n) is 4.81. The molecule has 2 heterocycles. The fourth-order valence-corrected chi connectivity index (χ4v) is 3.29. The van der Waals surface area contributed by atoms with E-state index in [1.54, 1.807) is 42.6 Å². The molecule has 0 saturated heterocycles. The molecule has 0 saturated carbocycles. The minimum Gasteiger partial charge on any atom is -0.459 e. The highest BCUT2D eigenvalue weighted by Crippen LogP contribution is 2.19. The maximum Gasteiger partial charge on any atom is 0.333 e. The standard InChI is InChI=1S/C23H21N5O4/c1-28-14-18(17-8-2-3-9-19(17)28)21(29)26-27-23(31)24-13-15-6-4-7-16(12-15)25-22(30)20-10-5-11-32-20/h2-12,14H,13H2,1H3,(H,25,30)(H,26,29)(H2,24,27,31). The Labute approximate surface area is 183 Å². The van der Waals surface area contributed by atoms with Gasteiger partial charge in [-0.05, 0) is 35.9 Å². The van der Waals surface area contributed by atoms with Gasteiger partial charge in [-0.3, -0.25) is 15.0 Å². The number of fused-ring (bicyclic) bond motifs is 1. The number of urea groups is 1. The van der Waals surface area contributed by atoms with Crippen LogP contribution >= 0.6 is 0 Å². The zero-order valence-electron chi connectivity index (χ0n) is 17.2. The maximum absolute atomic E-state index is 12.5. The molecule has 32 heavy (non-hydrogen) atoms. The molecular formula is C23H21N5O4. The van der Waals surface area contributed by atoms with Crippen LogP contribution in [0.3, 0.4) is 0 Å². The van der Waals surface area contributed by atoms with Gasteiger partial charge in [-0.1, -0.05) is 30.3 Å². The number of carbonyl (C=O) groups excluding carboxylic acids is 3. The zero-order chi connectivity index (χ0) is 22.5. The van der Waals surface area contributed by atoms with E-state index in [0.717, 1.165) is 16.5 Å². The maximum atomic E-state index is 12.5. The summed E-state index contributed by atoms with van der Waals surface area (Å²) in [4.78, 5) is 36.7. The highest BCUT2D eigenvalue weighted by atomic mass is 16.3. The fraction of sp³-hybridized carbons (Fsp3) is 0.0870. The number of rotatable bonds is 5. The average molecular weight is 431 g/mol. The topological polar surface area (TPSA) is 117 Å². The minimum atomic E-state index is -0.566. The van der Waals surface area contributed by atoms with Crippen molar-refractivity contribution >= 4 is 34.4 Å². The normalized spacial score (nSPS) is 10.5. The van der Waals surface area contributed by atoms with Gasteiger partial charge in [0, 0.05) is 36.4 Å². The molecule has 0 atom stereocenters. The van der Waals surface area contributed by atoms with Crippen LogP contribution < -0.4 is 21.5 Å². The molecule has 2 aromatic carbocycles. The van der Waals surface area contributed by atoms with E-state index in [1.165, 1.54) is 6.26 Å². The van der Waals surface area contributed by atoms with E-state index in [2.05, 4.69) is 21.5 Å². The number of nitrogens with zero attached hydrogens (tertiary/aromatic N) is 1. The van der Waals surface area contributed by atoms with Gasteiger partial charge in [-0.25, -0.2) is 10.2 Å². The van der Waals surface area contributed by atoms with Crippen LogP contribution in [-0.2, 0) is 13.6 Å². The van der Waals surface area contributed by atoms with Gasteiger partial charge in [0.2, 0.25) is 0 Å². The molecular weight excluding hydrogens is 410 g/mol. The Morgan fingerprint density at radius 1 is 0.938 bits per heavy atom. The molecule has 0 radical (unpaired) electrons. The lowest BCUT2D eigenvalue weighted by Gasteiger charge is -2.10. The Balaban J connectivity index is 1.29. The second-order valence-corrected chi connectivity index (χ2v) is 7.06. The van der Waals surface area contributed by atoms with Gasteiger partial charge in [-0.2, -0.15) is 0 Å². The predicted molar refractivity (Wildman–Crippen MR) is 119 cm³/mol. The first-order valence-electron chi connectivity index (χ1n) is 9.83. The Kier molecular flexibility index (Phi) is 5.89. The fourth-order valence-electron chi connectivity index (χ4n) is 3.29. The van der Waals surface area contributed by atoms with E-state index in [-0.39, 0.29) is 18.2 Å². The smallest absolute Gasteiger partial charge is 0.333 e. The van der Waals surface area contributed by atoms with Crippen molar-refractivity contribution in [3.05, 3.63) is 90.0 Å². The van der Waals surface area contributed by atoms with E-state index in [0.29, 0.717) is 11.3 Å². The summed E-state index contributed by atoms with van der Waals surface area (Å²) in [6, 6.07) is 17.2. The summed E-state index contributed by atoms with van der Waals surface area (Å²) in [6.45, 7) is 0.195. The summed E-state index contributed by atoms with van der Waals surface area (Å²) >= 11 is 0. The number of hydrazine groups is 1. The predicted octanol–water partition coefficient (Wildman–Crippen LogP) is 3.17. The lowest BCUT2D eigenvalue weighted by atomic mass is 10.2. The third kappa shape index (κ3) is 4.62. The van der Waals surface area contributed by atoms with E-state index < -0.39 is 11.9 Å². The van der Waals surface area contributed by atoms with Crippen molar-refractivity contribution in [1.82, 2.24) is 20.7 Å². The van der Waals surface area contributed by atoms with Crippen molar-refractivity contribution < 1.29 is 18.8 Å². The van der Waals surface area contributed by atoms with Crippen LogP contribution in [0.25, 0.3) is 10.9 Å². The number of benzene rings is 2. The monoisotopic (exact) mass is 431 g/mol. The number of furan rings is 1.